The van der Waals surface area contributed by atoms with E-state index in [0.717, 1.165) is 23.2 Å². The van der Waals surface area contributed by atoms with Crippen molar-refractivity contribution in [2.45, 2.75) is 18.9 Å². The molecule has 134 valence electrons. The topological polar surface area (TPSA) is 62.7 Å². The number of methoxy groups -OCH3 is 1. The van der Waals surface area contributed by atoms with Gasteiger partial charge in [-0.3, -0.25) is 0 Å². The summed E-state index contributed by atoms with van der Waals surface area (Å²) < 4.78 is 4.79. The second-order valence-electron chi connectivity index (χ2n) is 6.70. The Bertz CT molecular complexity index is 898. The third-order valence-corrected chi connectivity index (χ3v) is 4.51. The van der Waals surface area contributed by atoms with Gasteiger partial charge in [-0.1, -0.05) is 30.0 Å². The highest BCUT2D eigenvalue weighted by Gasteiger charge is 2.32. The van der Waals surface area contributed by atoms with Gasteiger partial charge >= 0.3 is 5.97 Å². The highest BCUT2D eigenvalue weighted by molar-refractivity contribution is 5.89. The third-order valence-electron chi connectivity index (χ3n) is 4.51. The van der Waals surface area contributed by atoms with Gasteiger partial charge in [-0.2, -0.15) is 0 Å². The van der Waals surface area contributed by atoms with Gasteiger partial charge in [-0.05, 0) is 37.7 Å². The number of pyridine rings is 1. The zero-order valence-corrected chi connectivity index (χ0v) is 15.2. The lowest BCUT2D eigenvalue weighted by Crippen LogP contribution is -2.29. The zero-order valence-electron chi connectivity index (χ0n) is 15.2. The molecular weight excluding hydrogens is 328 g/mol. The van der Waals surface area contributed by atoms with E-state index in [1.807, 2.05) is 50.4 Å². The Morgan fingerprint density at radius 1 is 1.35 bits per heavy atom. The van der Waals surface area contributed by atoms with E-state index in [0.29, 0.717) is 24.4 Å². The van der Waals surface area contributed by atoms with Crippen LogP contribution in [0.15, 0.2) is 36.4 Å². The van der Waals surface area contributed by atoms with Crippen LogP contribution in [0.1, 0.15) is 28.0 Å². The molecule has 0 bridgehead atoms. The summed E-state index contributed by atoms with van der Waals surface area (Å²) in [5.41, 5.74) is 2.46. The van der Waals surface area contributed by atoms with Gasteiger partial charge in [0.1, 0.15) is 5.60 Å². The molecule has 5 nitrogen and oxygen atoms in total. The number of nitrogens with zero attached hydrogens (tertiary/aromatic N) is 2. The molecule has 0 amide bonds. The van der Waals surface area contributed by atoms with E-state index in [4.69, 9.17) is 4.74 Å². The first kappa shape index (κ1) is 18.1. The van der Waals surface area contributed by atoms with Gasteiger partial charge in [0.2, 0.25) is 0 Å². The first-order valence-corrected chi connectivity index (χ1v) is 8.51. The van der Waals surface area contributed by atoms with Crippen molar-refractivity contribution in [2.75, 3.05) is 27.2 Å². The number of hydrogen-bond acceptors (Lipinski definition) is 5. The van der Waals surface area contributed by atoms with Crippen LogP contribution < -0.4 is 0 Å². The molecule has 0 radical (unpaired) electrons. The maximum absolute atomic E-state index is 11.9. The minimum absolute atomic E-state index is 0.310. The van der Waals surface area contributed by atoms with E-state index in [2.05, 4.69) is 21.7 Å². The van der Waals surface area contributed by atoms with Gasteiger partial charge in [0, 0.05) is 30.6 Å². The minimum Gasteiger partial charge on any atom is -0.464 e. The van der Waals surface area contributed by atoms with Crippen LogP contribution in [0.2, 0.25) is 0 Å². The van der Waals surface area contributed by atoms with Crippen LogP contribution in [-0.2, 0) is 4.74 Å². The Hall–Kier alpha value is -2.68. The number of carbonyl (C=O) groups excluding carboxylic acids is 1. The maximum Gasteiger partial charge on any atom is 0.356 e. The summed E-state index contributed by atoms with van der Waals surface area (Å²) in [6, 6.07) is 11.3. The molecule has 2 aromatic rings. The highest BCUT2D eigenvalue weighted by atomic mass is 16.5. The molecule has 1 aliphatic heterocycles. The van der Waals surface area contributed by atoms with Crippen LogP contribution in [0.5, 0.6) is 0 Å². The third kappa shape index (κ3) is 3.93. The molecule has 1 atom stereocenters. The molecule has 3 rings (SSSR count). The number of carbonyl (C=O) groups is 1. The molecule has 1 fully saturated rings. The van der Waals surface area contributed by atoms with Crippen LogP contribution in [0.4, 0.5) is 0 Å². The van der Waals surface area contributed by atoms with Crippen LogP contribution >= 0.6 is 0 Å². The average Bonchev–Trinajstić information content (AvgIpc) is 2.99. The second-order valence-corrected chi connectivity index (χ2v) is 6.70. The summed E-state index contributed by atoms with van der Waals surface area (Å²) in [5.74, 6) is 5.62. The zero-order chi connectivity index (χ0) is 18.7. The second kappa shape index (κ2) is 7.28. The van der Waals surface area contributed by atoms with Gasteiger partial charge in [-0.25, -0.2) is 9.78 Å². The number of esters is 1. The summed E-state index contributed by atoms with van der Waals surface area (Å²) >= 11 is 0. The monoisotopic (exact) mass is 350 g/mol. The number of benzene rings is 1. The fourth-order valence-electron chi connectivity index (χ4n) is 3.02. The van der Waals surface area contributed by atoms with Crippen LogP contribution in [0.25, 0.3) is 11.3 Å². The smallest absolute Gasteiger partial charge is 0.356 e. The van der Waals surface area contributed by atoms with Crippen molar-refractivity contribution in [3.63, 3.8) is 0 Å². The predicted molar refractivity (Wildman–Crippen MR) is 99.7 cm³/mol. The Labute approximate surface area is 153 Å². The highest BCUT2D eigenvalue weighted by Crippen LogP contribution is 2.22. The predicted octanol–water partition coefficient (Wildman–Crippen LogP) is 2.26. The molecule has 1 aromatic heterocycles. The Balaban J connectivity index is 1.90. The Morgan fingerprint density at radius 3 is 2.85 bits per heavy atom. The Morgan fingerprint density at radius 2 is 2.15 bits per heavy atom. The molecule has 2 heterocycles. The van der Waals surface area contributed by atoms with E-state index >= 15 is 0 Å². The van der Waals surface area contributed by atoms with Crippen molar-refractivity contribution < 1.29 is 14.6 Å². The van der Waals surface area contributed by atoms with Crippen molar-refractivity contribution >= 4 is 5.97 Å². The molecule has 1 unspecified atom stereocenters. The first-order valence-electron chi connectivity index (χ1n) is 8.51. The number of rotatable bonds is 2. The van der Waals surface area contributed by atoms with E-state index < -0.39 is 11.6 Å². The normalized spacial score (nSPS) is 19.7. The Kier molecular flexibility index (Phi) is 5.08. The molecule has 0 spiro atoms. The molecule has 0 saturated carbocycles. The van der Waals surface area contributed by atoms with Gasteiger partial charge in [-0.15, -0.1) is 0 Å². The van der Waals surface area contributed by atoms with Crippen molar-refractivity contribution in [2.24, 2.45) is 0 Å². The van der Waals surface area contributed by atoms with Gasteiger partial charge in [0.25, 0.3) is 0 Å². The molecule has 5 heteroatoms. The number of aryl methyl sites for hydroxylation is 1. The van der Waals surface area contributed by atoms with E-state index in [9.17, 15) is 9.90 Å². The summed E-state index contributed by atoms with van der Waals surface area (Å²) in [6.45, 7) is 3.22. The van der Waals surface area contributed by atoms with Crippen molar-refractivity contribution in [3.8, 4) is 23.1 Å². The van der Waals surface area contributed by atoms with Gasteiger partial charge in [0.05, 0.1) is 12.8 Å². The van der Waals surface area contributed by atoms with E-state index in [-0.39, 0.29) is 0 Å². The molecule has 26 heavy (non-hydrogen) atoms. The lowest BCUT2D eigenvalue weighted by molar-refractivity contribution is 0.0593. The number of hydrogen-bond donors (Lipinski definition) is 1. The maximum atomic E-state index is 11.9. The standard InChI is InChI=1S/C21H22N2O3/c1-15-7-8-18(22-19(15)20(24)26-3)17-6-4-5-16(13-17)9-10-21(25)11-12-23(2)14-21/h4-8,13,25H,11-12,14H2,1-3H3. The summed E-state index contributed by atoms with van der Waals surface area (Å²) in [4.78, 5) is 18.4. The van der Waals surface area contributed by atoms with Crippen LogP contribution in [-0.4, -0.2) is 53.8 Å². The molecule has 1 N–H and O–H groups in total. The fourth-order valence-corrected chi connectivity index (χ4v) is 3.02. The number of likely N-dealkylation sites (N-methyl/N-ethyl adjacent to an activating group) is 1. The SMILES string of the molecule is COC(=O)c1nc(-c2cccc(C#CC3(O)CCN(C)C3)c2)ccc1C. The number of likely N-dealkylation sites (tertiary alicyclic amines) is 1. The summed E-state index contributed by atoms with van der Waals surface area (Å²) in [5, 5.41) is 10.5. The minimum atomic E-state index is -0.953. The fraction of sp³-hybridized carbons (Fsp3) is 0.333. The van der Waals surface area contributed by atoms with Gasteiger partial charge < -0.3 is 14.7 Å². The summed E-state index contributed by atoms with van der Waals surface area (Å²) in [6.07, 6.45) is 0.651. The van der Waals surface area contributed by atoms with Crippen molar-refractivity contribution in [1.82, 2.24) is 9.88 Å². The molecule has 0 aliphatic carbocycles. The molecule has 1 saturated heterocycles. The van der Waals surface area contributed by atoms with E-state index in [1.54, 1.807) is 0 Å². The van der Waals surface area contributed by atoms with Crippen LogP contribution in [0, 0.1) is 18.8 Å². The summed E-state index contributed by atoms with van der Waals surface area (Å²) in [7, 11) is 3.32. The van der Waals surface area contributed by atoms with Crippen molar-refractivity contribution in [3.05, 3.63) is 53.2 Å². The van der Waals surface area contributed by atoms with E-state index in [1.165, 1.54) is 7.11 Å². The lowest BCUT2D eigenvalue weighted by Gasteiger charge is -2.14. The van der Waals surface area contributed by atoms with Crippen molar-refractivity contribution in [1.29, 1.82) is 0 Å². The quantitative estimate of drug-likeness (QED) is 0.665. The average molecular weight is 350 g/mol. The number of aromatic nitrogens is 1. The molecule has 1 aromatic carbocycles. The molecular formula is C21H22N2O3. The number of aliphatic hydroxyl groups is 1. The lowest BCUT2D eigenvalue weighted by atomic mass is 10.0. The van der Waals surface area contributed by atoms with Gasteiger partial charge in [0.15, 0.2) is 5.69 Å². The van der Waals surface area contributed by atoms with Crippen LogP contribution in [0.3, 0.4) is 0 Å². The number of ether oxygens (including phenoxy) is 1. The number of β-amino-alcohol motifs (C(OH)–C–C–N with tert-alkyl or cyclic N) is 1. The largest absolute Gasteiger partial charge is 0.464 e. The first-order chi connectivity index (χ1) is 12.4. The molecule has 1 aliphatic rings.